The minimum atomic E-state index is -0.0608. The van der Waals surface area contributed by atoms with Crippen molar-refractivity contribution in [2.45, 2.75) is 45.1 Å². The van der Waals surface area contributed by atoms with E-state index in [-0.39, 0.29) is 11.9 Å². The molecule has 3 N–H and O–H groups in total. The number of thiocarbonyl (C=S) groups is 1. The van der Waals surface area contributed by atoms with Gasteiger partial charge >= 0.3 is 0 Å². The predicted molar refractivity (Wildman–Crippen MR) is 61.0 cm³/mol. The normalized spacial score (nSPS) is 17.5. The number of carbonyl (C=O) groups excluding carboxylic acids is 1. The Kier molecular flexibility index (Phi) is 4.32. The largest absolute Gasteiger partial charge is 0.392 e. The molecule has 0 radical (unpaired) electrons. The molecule has 0 saturated heterocycles. The van der Waals surface area contributed by atoms with Gasteiger partial charge in [0.05, 0.1) is 11.0 Å². The number of carbonyl (C=O) groups is 1. The van der Waals surface area contributed by atoms with Gasteiger partial charge in [-0.05, 0) is 25.2 Å². The van der Waals surface area contributed by atoms with Crippen molar-refractivity contribution in [3.63, 3.8) is 0 Å². The highest BCUT2D eigenvalue weighted by molar-refractivity contribution is 7.80. The Labute approximate surface area is 90.4 Å². The molecule has 1 amide bonds. The SMILES string of the molecule is CCCCC(=O)NC(C(N)=S)C1CC1. The fourth-order valence-corrected chi connectivity index (χ4v) is 1.69. The maximum atomic E-state index is 11.4. The van der Waals surface area contributed by atoms with E-state index in [2.05, 4.69) is 12.2 Å². The number of nitrogens with one attached hydrogen (secondary N) is 1. The fraction of sp³-hybridized carbons (Fsp3) is 0.800. The van der Waals surface area contributed by atoms with Crippen LogP contribution >= 0.6 is 12.2 Å². The molecule has 14 heavy (non-hydrogen) atoms. The summed E-state index contributed by atoms with van der Waals surface area (Å²) in [5.41, 5.74) is 5.57. The fourth-order valence-electron chi connectivity index (χ4n) is 1.43. The average molecular weight is 214 g/mol. The number of hydrogen-bond acceptors (Lipinski definition) is 2. The van der Waals surface area contributed by atoms with Gasteiger partial charge in [0.25, 0.3) is 0 Å². The Hall–Kier alpha value is -0.640. The summed E-state index contributed by atoms with van der Waals surface area (Å²) in [5, 5.41) is 2.91. The molecule has 1 fully saturated rings. The zero-order valence-corrected chi connectivity index (χ0v) is 9.40. The molecule has 4 heteroatoms. The van der Waals surface area contributed by atoms with Crippen LogP contribution in [0, 0.1) is 5.92 Å². The standard InChI is InChI=1S/C10H18N2OS/c1-2-3-4-8(13)12-9(10(11)14)7-5-6-7/h7,9H,2-6H2,1H3,(H2,11,14)(H,12,13). The van der Waals surface area contributed by atoms with Crippen LogP contribution in [0.25, 0.3) is 0 Å². The van der Waals surface area contributed by atoms with Crippen LogP contribution in [0.3, 0.4) is 0 Å². The minimum Gasteiger partial charge on any atom is -0.392 e. The van der Waals surface area contributed by atoms with Crippen molar-refractivity contribution in [2.75, 3.05) is 0 Å². The van der Waals surface area contributed by atoms with E-state index in [9.17, 15) is 4.79 Å². The summed E-state index contributed by atoms with van der Waals surface area (Å²) in [6.07, 6.45) is 4.82. The molecule has 0 aromatic carbocycles. The van der Waals surface area contributed by atoms with Gasteiger partial charge < -0.3 is 11.1 Å². The maximum Gasteiger partial charge on any atom is 0.220 e. The molecule has 1 saturated carbocycles. The lowest BCUT2D eigenvalue weighted by atomic mass is 10.1. The summed E-state index contributed by atoms with van der Waals surface area (Å²) in [4.78, 5) is 11.9. The minimum absolute atomic E-state index is 0.0608. The molecule has 0 heterocycles. The van der Waals surface area contributed by atoms with E-state index in [1.165, 1.54) is 0 Å². The number of amides is 1. The average Bonchev–Trinajstić information content (AvgIpc) is 2.93. The lowest BCUT2D eigenvalue weighted by molar-refractivity contribution is -0.121. The van der Waals surface area contributed by atoms with Crippen LogP contribution in [0.1, 0.15) is 39.0 Å². The Morgan fingerprint density at radius 1 is 1.64 bits per heavy atom. The molecular weight excluding hydrogens is 196 g/mol. The van der Waals surface area contributed by atoms with Crippen LogP contribution in [0.15, 0.2) is 0 Å². The molecule has 0 aromatic rings. The van der Waals surface area contributed by atoms with Gasteiger partial charge in [0.2, 0.25) is 5.91 Å². The Morgan fingerprint density at radius 2 is 2.29 bits per heavy atom. The third-order valence-electron chi connectivity index (χ3n) is 2.47. The molecule has 1 atom stereocenters. The first-order valence-electron chi connectivity index (χ1n) is 5.23. The van der Waals surface area contributed by atoms with Gasteiger partial charge in [0.1, 0.15) is 0 Å². The summed E-state index contributed by atoms with van der Waals surface area (Å²) in [5.74, 6) is 0.578. The quantitative estimate of drug-likeness (QED) is 0.656. The number of nitrogens with two attached hydrogens (primary N) is 1. The van der Waals surface area contributed by atoms with Crippen molar-refractivity contribution >= 4 is 23.1 Å². The van der Waals surface area contributed by atoms with Crippen LogP contribution in [-0.2, 0) is 4.79 Å². The van der Waals surface area contributed by atoms with E-state index in [0.717, 1.165) is 25.7 Å². The maximum absolute atomic E-state index is 11.4. The topological polar surface area (TPSA) is 55.1 Å². The molecule has 80 valence electrons. The molecule has 1 unspecified atom stereocenters. The molecular formula is C10H18N2OS. The van der Waals surface area contributed by atoms with Crippen molar-refractivity contribution in [1.82, 2.24) is 5.32 Å². The van der Waals surface area contributed by atoms with Crippen LogP contribution < -0.4 is 11.1 Å². The second kappa shape index (κ2) is 5.29. The van der Waals surface area contributed by atoms with E-state index in [0.29, 0.717) is 17.3 Å². The molecule has 0 bridgehead atoms. The summed E-state index contributed by atoms with van der Waals surface area (Å²) in [6, 6.07) is -0.0608. The van der Waals surface area contributed by atoms with Crippen LogP contribution in [0.5, 0.6) is 0 Å². The summed E-state index contributed by atoms with van der Waals surface area (Å²) in [6.45, 7) is 2.07. The van der Waals surface area contributed by atoms with Gasteiger partial charge in [-0.1, -0.05) is 25.6 Å². The second-order valence-electron chi connectivity index (χ2n) is 3.89. The molecule has 1 rings (SSSR count). The van der Waals surface area contributed by atoms with Crippen molar-refractivity contribution < 1.29 is 4.79 Å². The van der Waals surface area contributed by atoms with Gasteiger partial charge in [-0.2, -0.15) is 0 Å². The molecule has 0 aliphatic heterocycles. The van der Waals surface area contributed by atoms with E-state index >= 15 is 0 Å². The second-order valence-corrected chi connectivity index (χ2v) is 4.36. The van der Waals surface area contributed by atoms with Crippen LogP contribution in [0.2, 0.25) is 0 Å². The van der Waals surface area contributed by atoms with Crippen LogP contribution in [0.4, 0.5) is 0 Å². The van der Waals surface area contributed by atoms with Crippen molar-refractivity contribution in [3.8, 4) is 0 Å². The highest BCUT2D eigenvalue weighted by Gasteiger charge is 2.33. The number of hydrogen-bond donors (Lipinski definition) is 2. The zero-order valence-electron chi connectivity index (χ0n) is 8.58. The predicted octanol–water partition coefficient (Wildman–Crippen LogP) is 1.36. The first-order chi connectivity index (χ1) is 6.65. The molecule has 1 aliphatic carbocycles. The number of rotatable bonds is 6. The van der Waals surface area contributed by atoms with E-state index in [4.69, 9.17) is 18.0 Å². The van der Waals surface area contributed by atoms with Gasteiger partial charge in [0, 0.05) is 6.42 Å². The third-order valence-corrected chi connectivity index (χ3v) is 2.73. The number of unbranched alkanes of at least 4 members (excludes halogenated alkanes) is 1. The zero-order chi connectivity index (χ0) is 10.6. The van der Waals surface area contributed by atoms with E-state index in [1.54, 1.807) is 0 Å². The summed E-state index contributed by atoms with van der Waals surface area (Å²) < 4.78 is 0. The molecule has 1 aliphatic rings. The summed E-state index contributed by atoms with van der Waals surface area (Å²) in [7, 11) is 0. The van der Waals surface area contributed by atoms with Gasteiger partial charge in [0.15, 0.2) is 0 Å². The Morgan fingerprint density at radius 3 is 2.71 bits per heavy atom. The third kappa shape index (κ3) is 3.62. The van der Waals surface area contributed by atoms with Gasteiger partial charge in [-0.3, -0.25) is 4.79 Å². The van der Waals surface area contributed by atoms with Crippen molar-refractivity contribution in [2.24, 2.45) is 11.7 Å². The van der Waals surface area contributed by atoms with E-state index < -0.39 is 0 Å². The van der Waals surface area contributed by atoms with Gasteiger partial charge in [-0.15, -0.1) is 0 Å². The highest BCUT2D eigenvalue weighted by atomic mass is 32.1. The van der Waals surface area contributed by atoms with Crippen molar-refractivity contribution in [1.29, 1.82) is 0 Å². The Balaban J connectivity index is 2.31. The van der Waals surface area contributed by atoms with Gasteiger partial charge in [-0.25, -0.2) is 0 Å². The first-order valence-corrected chi connectivity index (χ1v) is 5.64. The molecule has 3 nitrogen and oxygen atoms in total. The summed E-state index contributed by atoms with van der Waals surface area (Å²) >= 11 is 4.93. The first kappa shape index (κ1) is 11.4. The lowest BCUT2D eigenvalue weighted by Crippen LogP contribution is -2.44. The smallest absolute Gasteiger partial charge is 0.220 e. The van der Waals surface area contributed by atoms with Crippen LogP contribution in [-0.4, -0.2) is 16.9 Å². The highest BCUT2D eigenvalue weighted by Crippen LogP contribution is 2.32. The van der Waals surface area contributed by atoms with Crippen molar-refractivity contribution in [3.05, 3.63) is 0 Å². The molecule has 0 aromatic heterocycles. The lowest BCUT2D eigenvalue weighted by Gasteiger charge is -2.16. The molecule has 0 spiro atoms. The van der Waals surface area contributed by atoms with E-state index in [1.807, 2.05) is 0 Å². The monoisotopic (exact) mass is 214 g/mol. The Bertz CT molecular complexity index is 226.